The molecule has 1 atom stereocenters. The van der Waals surface area contributed by atoms with Crippen LogP contribution in [0.25, 0.3) is 33.5 Å². The van der Waals surface area contributed by atoms with E-state index in [4.69, 9.17) is 20.2 Å². The molecule has 4 aromatic rings. The highest BCUT2D eigenvalue weighted by atomic mass is 19.1. The number of aromatic nitrogens is 3. The Bertz CT molecular complexity index is 1410. The zero-order valence-corrected chi connectivity index (χ0v) is 20.3. The molecule has 8 nitrogen and oxygen atoms in total. The Morgan fingerprint density at radius 3 is 2.74 bits per heavy atom. The molecule has 2 N–H and O–H groups in total. The summed E-state index contributed by atoms with van der Waals surface area (Å²) in [5.74, 6) is 1.47. The lowest BCUT2D eigenvalue weighted by Gasteiger charge is -2.30. The SMILES string of the molecule is COCCn1c(-c2nc3cc4c(cc3n2C)CCN(C[C@H](N)CF)C4=O)cc2ccc(OC)cc21. The van der Waals surface area contributed by atoms with Crippen LogP contribution >= 0.6 is 0 Å². The number of benzene rings is 2. The number of halogens is 1. The van der Waals surface area contributed by atoms with Crippen molar-refractivity contribution in [2.75, 3.05) is 40.6 Å². The van der Waals surface area contributed by atoms with Crippen molar-refractivity contribution in [3.63, 3.8) is 0 Å². The Labute approximate surface area is 203 Å². The number of imidazole rings is 1. The monoisotopic (exact) mass is 479 g/mol. The normalized spacial score (nSPS) is 14.7. The predicted octanol–water partition coefficient (Wildman–Crippen LogP) is 3.15. The summed E-state index contributed by atoms with van der Waals surface area (Å²) in [4.78, 5) is 19.7. The Balaban J connectivity index is 1.61. The Morgan fingerprint density at radius 2 is 2.00 bits per heavy atom. The maximum atomic E-state index is 13.1. The second-order valence-corrected chi connectivity index (χ2v) is 9.01. The Morgan fingerprint density at radius 1 is 1.17 bits per heavy atom. The molecule has 0 radical (unpaired) electrons. The molecule has 0 saturated carbocycles. The number of nitrogens with zero attached hydrogens (tertiary/aromatic N) is 4. The molecule has 0 unspecified atom stereocenters. The van der Waals surface area contributed by atoms with E-state index < -0.39 is 12.7 Å². The van der Waals surface area contributed by atoms with E-state index in [0.29, 0.717) is 31.7 Å². The van der Waals surface area contributed by atoms with Gasteiger partial charge in [0.05, 0.1) is 42.0 Å². The van der Waals surface area contributed by atoms with E-state index in [9.17, 15) is 9.18 Å². The number of alkyl halides is 1. The number of aryl methyl sites for hydroxylation is 1. The van der Waals surface area contributed by atoms with E-state index in [1.165, 1.54) is 0 Å². The van der Waals surface area contributed by atoms with Gasteiger partial charge in [-0.1, -0.05) is 0 Å². The number of carbonyl (C=O) groups excluding carboxylic acids is 1. The van der Waals surface area contributed by atoms with Gasteiger partial charge < -0.3 is 29.2 Å². The van der Waals surface area contributed by atoms with Crippen LogP contribution in [0.1, 0.15) is 15.9 Å². The van der Waals surface area contributed by atoms with Gasteiger partial charge in [-0.05, 0) is 42.3 Å². The molecule has 35 heavy (non-hydrogen) atoms. The molecule has 0 spiro atoms. The Kier molecular flexibility index (Phi) is 6.21. The standard InChI is InChI=1S/C26H30FN5O3/c1-30-23-10-16-6-7-31(15-18(28)14-27)26(33)20(16)13-21(23)29-25(30)24-11-17-4-5-19(35-3)12-22(17)32(24)8-9-34-2/h4-5,10-13,18H,6-9,14-15,28H2,1-3H3/t18-/m1/s1. The fourth-order valence-electron chi connectivity index (χ4n) is 4.92. The highest BCUT2D eigenvalue weighted by molar-refractivity contribution is 6.00. The summed E-state index contributed by atoms with van der Waals surface area (Å²) in [7, 11) is 5.34. The molecule has 0 aliphatic carbocycles. The Hall–Kier alpha value is -3.43. The van der Waals surface area contributed by atoms with Gasteiger partial charge in [-0.2, -0.15) is 0 Å². The summed E-state index contributed by atoms with van der Waals surface area (Å²) in [5.41, 5.74) is 11.1. The predicted molar refractivity (Wildman–Crippen MR) is 134 cm³/mol. The van der Waals surface area contributed by atoms with Gasteiger partial charge in [-0.3, -0.25) is 4.79 Å². The summed E-state index contributed by atoms with van der Waals surface area (Å²) >= 11 is 0. The molecule has 184 valence electrons. The van der Waals surface area contributed by atoms with E-state index in [1.54, 1.807) is 19.1 Å². The fraction of sp³-hybridized carbons (Fsp3) is 0.385. The molecule has 1 amide bonds. The number of amides is 1. The molecule has 0 fully saturated rings. The number of methoxy groups -OCH3 is 2. The third-order valence-electron chi connectivity index (χ3n) is 6.79. The first-order valence-corrected chi connectivity index (χ1v) is 11.7. The van der Waals surface area contributed by atoms with Crippen molar-refractivity contribution in [1.82, 2.24) is 19.0 Å². The minimum absolute atomic E-state index is 0.120. The van der Waals surface area contributed by atoms with E-state index >= 15 is 0 Å². The second kappa shape index (κ2) is 9.31. The van der Waals surface area contributed by atoms with E-state index in [1.807, 2.05) is 31.3 Å². The van der Waals surface area contributed by atoms with Gasteiger partial charge in [0.1, 0.15) is 12.4 Å². The van der Waals surface area contributed by atoms with E-state index in [0.717, 1.165) is 44.8 Å². The lowest BCUT2D eigenvalue weighted by atomic mass is 9.97. The zero-order valence-electron chi connectivity index (χ0n) is 20.3. The van der Waals surface area contributed by atoms with Crippen LogP contribution in [0.5, 0.6) is 5.75 Å². The largest absolute Gasteiger partial charge is 0.497 e. The van der Waals surface area contributed by atoms with Crippen LogP contribution in [0.4, 0.5) is 4.39 Å². The van der Waals surface area contributed by atoms with Crippen LogP contribution < -0.4 is 10.5 Å². The van der Waals surface area contributed by atoms with Crippen LogP contribution in [0.15, 0.2) is 36.4 Å². The van der Waals surface area contributed by atoms with Crippen LogP contribution in [0.3, 0.4) is 0 Å². The molecule has 2 aromatic carbocycles. The third kappa shape index (κ3) is 4.04. The molecular weight excluding hydrogens is 449 g/mol. The van der Waals surface area contributed by atoms with Crippen molar-refractivity contribution >= 4 is 27.8 Å². The number of hydrogen-bond donors (Lipinski definition) is 1. The first-order valence-electron chi connectivity index (χ1n) is 11.7. The van der Waals surface area contributed by atoms with Gasteiger partial charge in [-0.15, -0.1) is 0 Å². The van der Waals surface area contributed by atoms with Crippen molar-refractivity contribution in [1.29, 1.82) is 0 Å². The van der Waals surface area contributed by atoms with Crippen molar-refractivity contribution in [2.45, 2.75) is 19.0 Å². The van der Waals surface area contributed by atoms with Gasteiger partial charge in [-0.25, -0.2) is 9.37 Å². The smallest absolute Gasteiger partial charge is 0.254 e. The number of ether oxygens (including phenoxy) is 2. The topological polar surface area (TPSA) is 87.5 Å². The van der Waals surface area contributed by atoms with Gasteiger partial charge in [0.15, 0.2) is 5.82 Å². The number of carbonyl (C=O) groups is 1. The first-order chi connectivity index (χ1) is 16.9. The van der Waals surface area contributed by atoms with Gasteiger partial charge in [0.2, 0.25) is 0 Å². The molecular formula is C26H30FN5O3. The molecule has 1 aliphatic heterocycles. The lowest BCUT2D eigenvalue weighted by Crippen LogP contribution is -2.45. The minimum atomic E-state index is -0.668. The van der Waals surface area contributed by atoms with Crippen LogP contribution in [-0.4, -0.2) is 71.6 Å². The highest BCUT2D eigenvalue weighted by Crippen LogP contribution is 2.33. The number of nitrogens with two attached hydrogens (primary N) is 1. The van der Waals surface area contributed by atoms with Crippen molar-refractivity contribution in [3.8, 4) is 17.3 Å². The summed E-state index contributed by atoms with van der Waals surface area (Å²) in [6, 6.07) is 11.4. The van der Waals surface area contributed by atoms with E-state index in [2.05, 4.69) is 21.3 Å². The van der Waals surface area contributed by atoms with E-state index in [-0.39, 0.29) is 12.5 Å². The maximum Gasteiger partial charge on any atom is 0.254 e. The average Bonchev–Trinajstić information content (AvgIpc) is 3.39. The quantitative estimate of drug-likeness (QED) is 0.420. The minimum Gasteiger partial charge on any atom is -0.497 e. The van der Waals surface area contributed by atoms with Gasteiger partial charge in [0.25, 0.3) is 5.91 Å². The van der Waals surface area contributed by atoms with Crippen LogP contribution in [-0.2, 0) is 24.8 Å². The highest BCUT2D eigenvalue weighted by Gasteiger charge is 2.27. The number of fused-ring (bicyclic) bond motifs is 3. The summed E-state index contributed by atoms with van der Waals surface area (Å²) < 4.78 is 28.0. The number of hydrogen-bond acceptors (Lipinski definition) is 5. The second-order valence-electron chi connectivity index (χ2n) is 9.01. The zero-order chi connectivity index (χ0) is 24.7. The van der Waals surface area contributed by atoms with Crippen molar-refractivity contribution in [2.24, 2.45) is 12.8 Å². The molecule has 0 bridgehead atoms. The van der Waals surface area contributed by atoms with Crippen molar-refractivity contribution in [3.05, 3.63) is 47.5 Å². The molecule has 0 saturated heterocycles. The fourth-order valence-corrected chi connectivity index (χ4v) is 4.92. The molecule has 1 aliphatic rings. The van der Waals surface area contributed by atoms with Crippen LogP contribution in [0, 0.1) is 0 Å². The maximum absolute atomic E-state index is 13.1. The third-order valence-corrected chi connectivity index (χ3v) is 6.79. The average molecular weight is 480 g/mol. The first kappa shape index (κ1) is 23.3. The lowest BCUT2D eigenvalue weighted by molar-refractivity contribution is 0.0725. The molecule has 9 heteroatoms. The summed E-state index contributed by atoms with van der Waals surface area (Å²) in [6.45, 7) is 1.30. The van der Waals surface area contributed by atoms with Crippen LogP contribution in [0.2, 0.25) is 0 Å². The van der Waals surface area contributed by atoms with Crippen molar-refractivity contribution < 1.29 is 18.7 Å². The molecule has 3 heterocycles. The van der Waals surface area contributed by atoms with Gasteiger partial charge in [0, 0.05) is 50.8 Å². The molecule has 5 rings (SSSR count). The summed E-state index contributed by atoms with van der Waals surface area (Å²) in [6.07, 6.45) is 0.699. The molecule has 2 aromatic heterocycles. The number of rotatable bonds is 8. The van der Waals surface area contributed by atoms with Gasteiger partial charge >= 0.3 is 0 Å². The summed E-state index contributed by atoms with van der Waals surface area (Å²) in [5, 5.41) is 1.08.